The number of nitrogens with zero attached hydrogens (tertiary/aromatic N) is 1. The normalized spacial score (nSPS) is 12.9. The van der Waals surface area contributed by atoms with Crippen LogP contribution < -0.4 is 5.32 Å². The van der Waals surface area contributed by atoms with Gasteiger partial charge < -0.3 is 10.1 Å². The van der Waals surface area contributed by atoms with E-state index in [-0.39, 0.29) is 0 Å². The van der Waals surface area contributed by atoms with Crippen LogP contribution in [0.2, 0.25) is 0 Å². The van der Waals surface area contributed by atoms with Crippen molar-refractivity contribution in [2.45, 2.75) is 19.1 Å². The first-order chi connectivity index (χ1) is 7.88. The van der Waals surface area contributed by atoms with Crippen LogP contribution >= 0.6 is 0 Å². The lowest BCUT2D eigenvalue weighted by molar-refractivity contribution is -0.160. The van der Waals surface area contributed by atoms with Gasteiger partial charge in [-0.3, -0.25) is 4.98 Å². The van der Waals surface area contributed by atoms with Crippen molar-refractivity contribution in [1.29, 1.82) is 0 Å². The molecule has 4 nitrogen and oxygen atoms in total. The maximum absolute atomic E-state index is 11.8. The molecule has 1 aromatic rings. The second kappa shape index (κ2) is 5.51. The number of nitrogens with one attached hydrogen (secondary N) is 1. The summed E-state index contributed by atoms with van der Waals surface area (Å²) in [6.45, 7) is -0.00897. The molecular weight excluding hydrogens is 237 g/mol. The predicted octanol–water partition coefficient (Wildman–Crippen LogP) is 2.43. The SMILES string of the molecule is C[C@H](NC(=O)OCC(F)(F)F)c1ccccn1. The van der Waals surface area contributed by atoms with Gasteiger partial charge >= 0.3 is 12.3 Å². The number of carbonyl (C=O) groups excluding carboxylic acids is 1. The highest BCUT2D eigenvalue weighted by atomic mass is 19.4. The molecule has 1 rings (SSSR count). The van der Waals surface area contributed by atoms with Crippen molar-refractivity contribution in [3.63, 3.8) is 0 Å². The molecule has 0 aliphatic carbocycles. The van der Waals surface area contributed by atoms with E-state index in [4.69, 9.17) is 0 Å². The Morgan fingerprint density at radius 1 is 1.53 bits per heavy atom. The van der Waals surface area contributed by atoms with Gasteiger partial charge in [-0.25, -0.2) is 4.79 Å². The zero-order chi connectivity index (χ0) is 12.9. The number of alkyl halides is 3. The van der Waals surface area contributed by atoms with Gasteiger partial charge in [0.1, 0.15) is 0 Å². The molecule has 0 aliphatic rings. The first-order valence-electron chi connectivity index (χ1n) is 4.79. The van der Waals surface area contributed by atoms with Gasteiger partial charge in [-0.2, -0.15) is 13.2 Å². The first-order valence-corrected chi connectivity index (χ1v) is 4.79. The highest BCUT2D eigenvalue weighted by molar-refractivity contribution is 5.67. The van der Waals surface area contributed by atoms with Crippen LogP contribution in [0.4, 0.5) is 18.0 Å². The lowest BCUT2D eigenvalue weighted by atomic mass is 10.2. The van der Waals surface area contributed by atoms with Gasteiger partial charge in [0.05, 0.1) is 11.7 Å². The summed E-state index contributed by atoms with van der Waals surface area (Å²) < 4.78 is 39.3. The predicted molar refractivity (Wildman–Crippen MR) is 53.2 cm³/mol. The van der Waals surface area contributed by atoms with Crippen LogP contribution in [0, 0.1) is 0 Å². The van der Waals surface area contributed by atoms with E-state index >= 15 is 0 Å². The molecule has 0 unspecified atom stereocenters. The average Bonchev–Trinajstić information content (AvgIpc) is 2.27. The van der Waals surface area contributed by atoms with Crippen molar-refractivity contribution in [3.05, 3.63) is 30.1 Å². The van der Waals surface area contributed by atoms with Gasteiger partial charge in [0.15, 0.2) is 6.61 Å². The minimum Gasteiger partial charge on any atom is -0.440 e. The summed E-state index contributed by atoms with van der Waals surface area (Å²) in [6, 6.07) is 4.53. The Kier molecular flexibility index (Phi) is 4.30. The molecule has 1 N–H and O–H groups in total. The number of alkyl carbamates (subject to hydrolysis) is 1. The second-order valence-corrected chi connectivity index (χ2v) is 3.31. The Hall–Kier alpha value is -1.79. The third-order valence-corrected chi connectivity index (χ3v) is 1.83. The van der Waals surface area contributed by atoms with Crippen LogP contribution in [0.5, 0.6) is 0 Å². The molecule has 0 fully saturated rings. The second-order valence-electron chi connectivity index (χ2n) is 3.31. The summed E-state index contributed by atoms with van der Waals surface area (Å²) in [7, 11) is 0. The van der Waals surface area contributed by atoms with Crippen LogP contribution in [0.1, 0.15) is 18.7 Å². The van der Waals surface area contributed by atoms with Crippen molar-refractivity contribution in [1.82, 2.24) is 10.3 Å². The number of ether oxygens (including phenoxy) is 1. The molecular formula is C10H11F3N2O2. The molecule has 0 aliphatic heterocycles. The number of carbonyl (C=O) groups is 1. The Morgan fingerprint density at radius 3 is 2.76 bits per heavy atom. The van der Waals surface area contributed by atoms with E-state index in [9.17, 15) is 18.0 Å². The minimum atomic E-state index is -4.52. The molecule has 0 bridgehead atoms. The Labute approximate surface area is 95.8 Å². The van der Waals surface area contributed by atoms with Crippen LogP contribution in [-0.4, -0.2) is 23.9 Å². The smallest absolute Gasteiger partial charge is 0.422 e. The van der Waals surface area contributed by atoms with Crippen molar-refractivity contribution in [3.8, 4) is 0 Å². The number of aromatic nitrogens is 1. The van der Waals surface area contributed by atoms with Crippen LogP contribution in [-0.2, 0) is 4.74 Å². The molecule has 0 saturated heterocycles. The van der Waals surface area contributed by atoms with Gasteiger partial charge in [0, 0.05) is 6.20 Å². The van der Waals surface area contributed by atoms with E-state index in [1.807, 2.05) is 0 Å². The molecule has 1 amide bonds. The first kappa shape index (κ1) is 13.3. The standard InChI is InChI=1S/C10H11F3N2O2/c1-7(8-4-2-3-5-14-8)15-9(16)17-6-10(11,12)13/h2-5,7H,6H2,1H3,(H,15,16)/t7-/m0/s1. The summed E-state index contributed by atoms with van der Waals surface area (Å²) in [6.07, 6.45) is -4.12. The number of hydrogen-bond acceptors (Lipinski definition) is 3. The highest BCUT2D eigenvalue weighted by Gasteiger charge is 2.29. The van der Waals surface area contributed by atoms with Gasteiger partial charge in [0.2, 0.25) is 0 Å². The van der Waals surface area contributed by atoms with Crippen LogP contribution in [0.3, 0.4) is 0 Å². The fraction of sp³-hybridized carbons (Fsp3) is 0.400. The lowest BCUT2D eigenvalue weighted by Gasteiger charge is -2.14. The number of rotatable bonds is 3. The molecule has 0 saturated carbocycles. The summed E-state index contributed by atoms with van der Waals surface area (Å²) >= 11 is 0. The topological polar surface area (TPSA) is 51.2 Å². The Morgan fingerprint density at radius 2 is 2.24 bits per heavy atom. The fourth-order valence-corrected chi connectivity index (χ4v) is 1.07. The van der Waals surface area contributed by atoms with E-state index in [0.717, 1.165) is 0 Å². The third-order valence-electron chi connectivity index (χ3n) is 1.83. The lowest BCUT2D eigenvalue weighted by Crippen LogP contribution is -2.31. The molecule has 1 atom stereocenters. The van der Waals surface area contributed by atoms with E-state index < -0.39 is 24.9 Å². The highest BCUT2D eigenvalue weighted by Crippen LogP contribution is 2.15. The average molecular weight is 248 g/mol. The zero-order valence-corrected chi connectivity index (χ0v) is 8.99. The van der Waals surface area contributed by atoms with E-state index in [1.54, 1.807) is 25.1 Å². The number of hydrogen-bond donors (Lipinski definition) is 1. The van der Waals surface area contributed by atoms with Gasteiger partial charge in [0.25, 0.3) is 0 Å². The van der Waals surface area contributed by atoms with Gasteiger partial charge in [-0.15, -0.1) is 0 Å². The summed E-state index contributed by atoms with van der Waals surface area (Å²) in [4.78, 5) is 15.0. The van der Waals surface area contributed by atoms with Crippen LogP contribution in [0.25, 0.3) is 0 Å². The van der Waals surface area contributed by atoms with E-state index in [1.165, 1.54) is 6.20 Å². The largest absolute Gasteiger partial charge is 0.440 e. The maximum Gasteiger partial charge on any atom is 0.422 e. The molecule has 0 radical (unpaired) electrons. The summed E-state index contributed by atoms with van der Waals surface area (Å²) in [5, 5.41) is 2.25. The summed E-state index contributed by atoms with van der Waals surface area (Å²) in [5.74, 6) is 0. The maximum atomic E-state index is 11.8. The molecule has 94 valence electrons. The van der Waals surface area contributed by atoms with Crippen molar-refractivity contribution in [2.75, 3.05) is 6.61 Å². The van der Waals surface area contributed by atoms with Crippen molar-refractivity contribution >= 4 is 6.09 Å². The van der Waals surface area contributed by atoms with E-state index in [0.29, 0.717) is 5.69 Å². The molecule has 17 heavy (non-hydrogen) atoms. The Balaban J connectivity index is 2.42. The number of pyridine rings is 1. The van der Waals surface area contributed by atoms with Crippen molar-refractivity contribution in [2.24, 2.45) is 0 Å². The quantitative estimate of drug-likeness (QED) is 0.893. The number of amides is 1. The van der Waals surface area contributed by atoms with Gasteiger partial charge in [-0.1, -0.05) is 6.07 Å². The molecule has 0 spiro atoms. The van der Waals surface area contributed by atoms with E-state index in [2.05, 4.69) is 15.0 Å². The Bertz CT molecular complexity index is 368. The minimum absolute atomic E-state index is 0.517. The fourth-order valence-electron chi connectivity index (χ4n) is 1.07. The summed E-state index contributed by atoms with van der Waals surface area (Å²) in [5.41, 5.74) is 0.538. The zero-order valence-electron chi connectivity index (χ0n) is 8.99. The van der Waals surface area contributed by atoms with Crippen molar-refractivity contribution < 1.29 is 22.7 Å². The van der Waals surface area contributed by atoms with Crippen LogP contribution in [0.15, 0.2) is 24.4 Å². The number of halogens is 3. The molecule has 0 aromatic carbocycles. The monoisotopic (exact) mass is 248 g/mol. The molecule has 1 aromatic heterocycles. The third kappa shape index (κ3) is 5.19. The van der Waals surface area contributed by atoms with Gasteiger partial charge in [-0.05, 0) is 19.1 Å². The molecule has 7 heteroatoms. The molecule has 1 heterocycles.